The summed E-state index contributed by atoms with van der Waals surface area (Å²) in [7, 11) is 1.71. The monoisotopic (exact) mass is 377 g/mol. The van der Waals surface area contributed by atoms with Crippen LogP contribution in [0, 0.1) is 0 Å². The van der Waals surface area contributed by atoms with E-state index >= 15 is 0 Å². The minimum atomic E-state index is -4.33. The molecule has 0 aliphatic heterocycles. The number of ether oxygens (including phenoxy) is 1. The topological polar surface area (TPSA) is 45.7 Å². The third kappa shape index (κ3) is 5.91. The van der Waals surface area contributed by atoms with Crippen LogP contribution in [0.5, 0.6) is 5.75 Å². The van der Waals surface area contributed by atoms with Crippen molar-refractivity contribution < 1.29 is 17.9 Å². The summed E-state index contributed by atoms with van der Waals surface area (Å²) in [4.78, 5) is 4.23. The van der Waals surface area contributed by atoms with E-state index in [4.69, 9.17) is 4.74 Å². The molecule has 2 aromatic carbocycles. The maximum Gasteiger partial charge on any atom is 0.422 e. The highest BCUT2D eigenvalue weighted by Gasteiger charge is 2.38. The van der Waals surface area contributed by atoms with Crippen molar-refractivity contribution in [1.29, 1.82) is 0 Å². The molecule has 0 bridgehead atoms. The highest BCUT2D eigenvalue weighted by molar-refractivity contribution is 5.80. The molecule has 7 heteroatoms. The van der Waals surface area contributed by atoms with Gasteiger partial charge in [-0.2, -0.15) is 13.2 Å². The summed E-state index contributed by atoms with van der Waals surface area (Å²) in [6.07, 6.45) is -3.27. The van der Waals surface area contributed by atoms with Crippen molar-refractivity contribution in [3.8, 4) is 5.75 Å². The smallest absolute Gasteiger partial charge is 0.422 e. The fourth-order valence-electron chi connectivity index (χ4n) is 2.85. The number of aliphatic imine (C=N–C) groups is 1. The quantitative estimate of drug-likeness (QED) is 0.594. The van der Waals surface area contributed by atoms with Gasteiger partial charge in [0.25, 0.3) is 0 Å². The van der Waals surface area contributed by atoms with Gasteiger partial charge in [0.2, 0.25) is 0 Å². The average molecular weight is 377 g/mol. The molecule has 2 N–H and O–H groups in total. The number of nitrogens with one attached hydrogen (secondary N) is 2. The number of hydrogen-bond acceptors (Lipinski definition) is 2. The minimum absolute atomic E-state index is 0.197. The van der Waals surface area contributed by atoms with Crippen molar-refractivity contribution in [3.63, 3.8) is 0 Å². The molecule has 4 nitrogen and oxygen atoms in total. The van der Waals surface area contributed by atoms with Crippen LogP contribution in [0.25, 0.3) is 0 Å². The number of hydrogen-bond donors (Lipinski definition) is 2. The molecule has 27 heavy (non-hydrogen) atoms. The zero-order valence-electron chi connectivity index (χ0n) is 15.0. The van der Waals surface area contributed by atoms with Crippen molar-refractivity contribution in [2.75, 3.05) is 13.7 Å². The molecule has 0 radical (unpaired) electrons. The number of benzene rings is 2. The van der Waals surface area contributed by atoms with Crippen LogP contribution in [-0.4, -0.2) is 31.8 Å². The first-order valence-corrected chi connectivity index (χ1v) is 8.75. The highest BCUT2D eigenvalue weighted by Crippen LogP contribution is 2.40. The second kappa shape index (κ2) is 8.33. The molecule has 1 saturated carbocycles. The Kier molecular flexibility index (Phi) is 5.88. The van der Waals surface area contributed by atoms with Crippen LogP contribution in [-0.2, 0) is 6.54 Å². The van der Waals surface area contributed by atoms with E-state index in [9.17, 15) is 13.2 Å². The lowest BCUT2D eigenvalue weighted by Gasteiger charge is -2.13. The van der Waals surface area contributed by atoms with Crippen LogP contribution < -0.4 is 15.4 Å². The summed E-state index contributed by atoms with van der Waals surface area (Å²) < 4.78 is 41.2. The Morgan fingerprint density at radius 1 is 1.11 bits per heavy atom. The molecule has 144 valence electrons. The fraction of sp³-hybridized carbons (Fsp3) is 0.350. The van der Waals surface area contributed by atoms with Gasteiger partial charge in [-0.1, -0.05) is 42.5 Å². The van der Waals surface area contributed by atoms with Gasteiger partial charge in [-0.25, -0.2) is 0 Å². The van der Waals surface area contributed by atoms with E-state index in [0.717, 1.165) is 12.0 Å². The Labute approximate surface area is 156 Å². The normalized spacial score (nSPS) is 19.5. The Morgan fingerprint density at radius 2 is 1.81 bits per heavy atom. The van der Waals surface area contributed by atoms with Gasteiger partial charge in [-0.05, 0) is 29.7 Å². The lowest BCUT2D eigenvalue weighted by molar-refractivity contribution is -0.153. The number of rotatable bonds is 6. The van der Waals surface area contributed by atoms with E-state index in [2.05, 4.69) is 27.8 Å². The summed E-state index contributed by atoms with van der Waals surface area (Å²) in [6, 6.07) is 17.2. The molecule has 0 amide bonds. The van der Waals surface area contributed by atoms with Gasteiger partial charge in [0.05, 0.1) is 0 Å². The van der Waals surface area contributed by atoms with E-state index in [1.54, 1.807) is 19.2 Å². The number of guanidine groups is 1. The molecular formula is C20H22F3N3O. The van der Waals surface area contributed by atoms with Crippen LogP contribution in [0.4, 0.5) is 13.2 Å². The highest BCUT2D eigenvalue weighted by atomic mass is 19.4. The van der Waals surface area contributed by atoms with Crippen LogP contribution in [0.3, 0.4) is 0 Å². The maximum atomic E-state index is 12.2. The molecular weight excluding hydrogens is 355 g/mol. The largest absolute Gasteiger partial charge is 0.484 e. The third-order valence-corrected chi connectivity index (χ3v) is 4.35. The van der Waals surface area contributed by atoms with Crippen molar-refractivity contribution in [1.82, 2.24) is 10.6 Å². The lowest BCUT2D eigenvalue weighted by atomic mass is 10.1. The Morgan fingerprint density at radius 3 is 2.44 bits per heavy atom. The van der Waals surface area contributed by atoms with Crippen LogP contribution in [0.2, 0.25) is 0 Å². The molecule has 0 saturated heterocycles. The van der Waals surface area contributed by atoms with Crippen LogP contribution in [0.1, 0.15) is 23.5 Å². The van der Waals surface area contributed by atoms with Crippen LogP contribution >= 0.6 is 0 Å². The Hall–Kier alpha value is -2.70. The van der Waals surface area contributed by atoms with E-state index in [-0.39, 0.29) is 5.75 Å². The molecule has 3 rings (SSSR count). The second-order valence-corrected chi connectivity index (χ2v) is 6.48. The van der Waals surface area contributed by atoms with Crippen LogP contribution in [0.15, 0.2) is 59.6 Å². The van der Waals surface area contributed by atoms with Crippen molar-refractivity contribution in [2.24, 2.45) is 4.99 Å². The minimum Gasteiger partial charge on any atom is -0.484 e. The number of nitrogens with zero attached hydrogens (tertiary/aromatic N) is 1. The van der Waals surface area contributed by atoms with E-state index in [1.807, 2.05) is 18.2 Å². The zero-order valence-corrected chi connectivity index (χ0v) is 15.0. The molecule has 1 aliphatic carbocycles. The molecule has 1 fully saturated rings. The summed E-state index contributed by atoms with van der Waals surface area (Å²) in [5.74, 6) is 1.40. The Balaban J connectivity index is 1.45. The van der Waals surface area contributed by atoms with Gasteiger partial charge in [-0.15, -0.1) is 0 Å². The molecule has 0 aromatic heterocycles. The zero-order chi connectivity index (χ0) is 19.3. The van der Waals surface area contributed by atoms with E-state index in [1.165, 1.54) is 17.7 Å². The lowest BCUT2D eigenvalue weighted by Crippen LogP contribution is -2.38. The predicted octanol–water partition coefficient (Wildman–Crippen LogP) is 3.85. The molecule has 0 heterocycles. The average Bonchev–Trinajstić information content (AvgIpc) is 3.43. The molecule has 2 atom stereocenters. The molecule has 2 unspecified atom stereocenters. The fourth-order valence-corrected chi connectivity index (χ4v) is 2.85. The van der Waals surface area contributed by atoms with Crippen molar-refractivity contribution in [3.05, 3.63) is 65.7 Å². The SMILES string of the molecule is CN=C(NCc1ccc(OCC(F)(F)F)cc1)NC1CC1c1ccccc1. The number of alkyl halides is 3. The summed E-state index contributed by atoms with van der Waals surface area (Å²) in [6.45, 7) is -0.771. The first-order valence-electron chi connectivity index (χ1n) is 8.75. The summed E-state index contributed by atoms with van der Waals surface area (Å²) in [5.41, 5.74) is 2.24. The van der Waals surface area contributed by atoms with Crippen molar-refractivity contribution >= 4 is 5.96 Å². The van der Waals surface area contributed by atoms with Gasteiger partial charge in [-0.3, -0.25) is 4.99 Å². The van der Waals surface area contributed by atoms with Gasteiger partial charge in [0, 0.05) is 25.6 Å². The standard InChI is InChI=1S/C20H22F3N3O/c1-24-19(26-18-11-17(18)15-5-3-2-4-6-15)25-12-14-7-9-16(10-8-14)27-13-20(21,22)23/h2-10,17-18H,11-13H2,1H3,(H2,24,25,26). The van der Waals surface area contributed by atoms with E-state index < -0.39 is 12.8 Å². The van der Waals surface area contributed by atoms with E-state index in [0.29, 0.717) is 24.5 Å². The third-order valence-electron chi connectivity index (χ3n) is 4.35. The first-order chi connectivity index (χ1) is 12.9. The molecule has 1 aliphatic rings. The maximum absolute atomic E-state index is 12.2. The molecule has 2 aromatic rings. The van der Waals surface area contributed by atoms with Gasteiger partial charge < -0.3 is 15.4 Å². The summed E-state index contributed by atoms with van der Waals surface area (Å²) >= 11 is 0. The summed E-state index contributed by atoms with van der Waals surface area (Å²) in [5, 5.41) is 6.62. The van der Waals surface area contributed by atoms with Gasteiger partial charge >= 0.3 is 6.18 Å². The van der Waals surface area contributed by atoms with Crippen molar-refractivity contribution in [2.45, 2.75) is 31.1 Å². The molecule has 0 spiro atoms. The second-order valence-electron chi connectivity index (χ2n) is 6.48. The van der Waals surface area contributed by atoms with Gasteiger partial charge in [0.1, 0.15) is 5.75 Å². The Bertz CT molecular complexity index is 760. The number of halogens is 3. The first kappa shape index (κ1) is 19.1. The van der Waals surface area contributed by atoms with Gasteiger partial charge in [0.15, 0.2) is 12.6 Å². The predicted molar refractivity (Wildman–Crippen MR) is 98.9 cm³/mol.